The van der Waals surface area contributed by atoms with Gasteiger partial charge < -0.3 is 20.5 Å². The van der Waals surface area contributed by atoms with Crippen LogP contribution in [0, 0.1) is 6.92 Å². The Labute approximate surface area is 139 Å². The smallest absolute Gasteiger partial charge is 0.220 e. The van der Waals surface area contributed by atoms with Gasteiger partial charge in [0.15, 0.2) is 0 Å². The number of nitrogens with one attached hydrogen (secondary N) is 1. The molecule has 0 saturated heterocycles. The van der Waals surface area contributed by atoms with Crippen molar-refractivity contribution in [3.8, 4) is 5.75 Å². The highest BCUT2D eigenvalue weighted by Crippen LogP contribution is 2.20. The van der Waals surface area contributed by atoms with E-state index in [1.807, 2.05) is 32.0 Å². The number of halogens is 1. The van der Waals surface area contributed by atoms with Crippen molar-refractivity contribution >= 4 is 18.3 Å². The highest BCUT2D eigenvalue weighted by atomic mass is 35.5. The predicted octanol–water partition coefficient (Wildman–Crippen LogP) is 2.19. The van der Waals surface area contributed by atoms with E-state index in [0.29, 0.717) is 45.8 Å². The molecule has 0 spiro atoms. The molecule has 1 aromatic carbocycles. The Kier molecular flexibility index (Phi) is 11.5. The number of rotatable bonds is 10. The van der Waals surface area contributed by atoms with E-state index in [0.717, 1.165) is 16.9 Å². The summed E-state index contributed by atoms with van der Waals surface area (Å²) < 4.78 is 11.0. The summed E-state index contributed by atoms with van der Waals surface area (Å²) in [6.07, 6.45) is 1.17. The first-order valence-electron chi connectivity index (χ1n) is 7.44. The SMILES string of the molecule is CCOCCOc1cc(C)ccc1CNC(=O)CCCN.Cl. The molecule has 0 saturated carbocycles. The molecule has 0 heterocycles. The van der Waals surface area contributed by atoms with Crippen LogP contribution in [0.5, 0.6) is 5.75 Å². The summed E-state index contributed by atoms with van der Waals surface area (Å²) in [4.78, 5) is 11.6. The molecule has 126 valence electrons. The molecule has 0 atom stereocenters. The second-order valence-corrected chi connectivity index (χ2v) is 4.83. The van der Waals surface area contributed by atoms with Gasteiger partial charge in [0.2, 0.25) is 5.91 Å². The Hall–Kier alpha value is -1.30. The zero-order chi connectivity index (χ0) is 15.5. The van der Waals surface area contributed by atoms with Gasteiger partial charge >= 0.3 is 0 Å². The van der Waals surface area contributed by atoms with Crippen molar-refractivity contribution in [1.82, 2.24) is 5.32 Å². The third-order valence-corrected chi connectivity index (χ3v) is 3.00. The molecular formula is C16H27ClN2O3. The van der Waals surface area contributed by atoms with E-state index in [4.69, 9.17) is 15.2 Å². The molecule has 0 radical (unpaired) electrons. The number of amides is 1. The largest absolute Gasteiger partial charge is 0.491 e. The number of benzene rings is 1. The van der Waals surface area contributed by atoms with E-state index in [-0.39, 0.29) is 18.3 Å². The minimum Gasteiger partial charge on any atom is -0.491 e. The quantitative estimate of drug-likeness (QED) is 0.645. The predicted molar refractivity (Wildman–Crippen MR) is 90.6 cm³/mol. The molecule has 5 nitrogen and oxygen atoms in total. The minimum absolute atomic E-state index is 0. The Morgan fingerprint density at radius 2 is 2.09 bits per heavy atom. The fraction of sp³-hybridized carbons (Fsp3) is 0.562. The minimum atomic E-state index is 0. The lowest BCUT2D eigenvalue weighted by Gasteiger charge is -2.13. The molecule has 0 aromatic heterocycles. The first kappa shape index (κ1) is 20.7. The second-order valence-electron chi connectivity index (χ2n) is 4.83. The maximum absolute atomic E-state index is 11.6. The number of aryl methyl sites for hydroxylation is 1. The van der Waals surface area contributed by atoms with Crippen LogP contribution in [-0.4, -0.2) is 32.3 Å². The normalized spacial score (nSPS) is 9.95. The van der Waals surface area contributed by atoms with Gasteiger partial charge in [-0.1, -0.05) is 12.1 Å². The van der Waals surface area contributed by atoms with E-state index < -0.39 is 0 Å². The monoisotopic (exact) mass is 330 g/mol. The third kappa shape index (κ3) is 8.22. The summed E-state index contributed by atoms with van der Waals surface area (Å²) in [7, 11) is 0. The van der Waals surface area contributed by atoms with Crippen molar-refractivity contribution in [2.24, 2.45) is 5.73 Å². The summed E-state index contributed by atoms with van der Waals surface area (Å²) >= 11 is 0. The molecule has 1 rings (SSSR count). The van der Waals surface area contributed by atoms with Crippen molar-refractivity contribution in [3.05, 3.63) is 29.3 Å². The van der Waals surface area contributed by atoms with Crippen molar-refractivity contribution in [2.45, 2.75) is 33.2 Å². The van der Waals surface area contributed by atoms with E-state index in [1.54, 1.807) is 0 Å². The summed E-state index contributed by atoms with van der Waals surface area (Å²) in [5.41, 5.74) is 7.49. The molecule has 1 amide bonds. The lowest BCUT2D eigenvalue weighted by atomic mass is 10.1. The van der Waals surface area contributed by atoms with Crippen LogP contribution in [0.3, 0.4) is 0 Å². The molecule has 22 heavy (non-hydrogen) atoms. The van der Waals surface area contributed by atoms with Crippen LogP contribution >= 0.6 is 12.4 Å². The molecule has 0 unspecified atom stereocenters. The first-order chi connectivity index (χ1) is 10.2. The van der Waals surface area contributed by atoms with Crippen molar-refractivity contribution < 1.29 is 14.3 Å². The number of hydrogen-bond donors (Lipinski definition) is 2. The average molecular weight is 331 g/mol. The lowest BCUT2D eigenvalue weighted by Crippen LogP contribution is -2.23. The highest BCUT2D eigenvalue weighted by molar-refractivity contribution is 5.85. The average Bonchev–Trinajstić information content (AvgIpc) is 2.48. The third-order valence-electron chi connectivity index (χ3n) is 3.00. The van der Waals surface area contributed by atoms with Gasteiger partial charge in [0.1, 0.15) is 12.4 Å². The summed E-state index contributed by atoms with van der Waals surface area (Å²) in [6, 6.07) is 5.97. The number of ether oxygens (including phenoxy) is 2. The van der Waals surface area contributed by atoms with E-state index >= 15 is 0 Å². The molecule has 0 aliphatic rings. The van der Waals surface area contributed by atoms with Crippen LogP contribution < -0.4 is 15.8 Å². The Morgan fingerprint density at radius 1 is 1.32 bits per heavy atom. The topological polar surface area (TPSA) is 73.6 Å². The molecule has 3 N–H and O–H groups in total. The van der Waals surface area contributed by atoms with Crippen molar-refractivity contribution in [1.29, 1.82) is 0 Å². The molecule has 0 aliphatic heterocycles. The van der Waals surface area contributed by atoms with Gasteiger partial charge in [-0.25, -0.2) is 0 Å². The second kappa shape index (κ2) is 12.3. The fourth-order valence-electron chi connectivity index (χ4n) is 1.84. The number of carbonyl (C=O) groups is 1. The van der Waals surface area contributed by atoms with Gasteiger partial charge in [0.25, 0.3) is 0 Å². The molecule has 0 fully saturated rings. The maximum Gasteiger partial charge on any atom is 0.220 e. The van der Waals surface area contributed by atoms with Gasteiger partial charge in [0, 0.05) is 25.1 Å². The summed E-state index contributed by atoms with van der Waals surface area (Å²) in [5, 5.41) is 2.89. The van der Waals surface area contributed by atoms with Crippen LogP contribution in [0.25, 0.3) is 0 Å². The summed E-state index contributed by atoms with van der Waals surface area (Å²) in [6.45, 7) is 6.71. The Bertz CT molecular complexity index is 441. The lowest BCUT2D eigenvalue weighted by molar-refractivity contribution is -0.121. The summed E-state index contributed by atoms with van der Waals surface area (Å²) in [5.74, 6) is 0.815. The zero-order valence-electron chi connectivity index (χ0n) is 13.4. The van der Waals surface area contributed by atoms with Crippen LogP contribution in [0.2, 0.25) is 0 Å². The maximum atomic E-state index is 11.6. The standard InChI is InChI=1S/C16H26N2O3.ClH/c1-3-20-9-10-21-15-11-13(2)6-7-14(15)12-18-16(19)5-4-8-17;/h6-7,11H,3-5,8-10,12,17H2,1-2H3,(H,18,19);1H. The number of carbonyl (C=O) groups excluding carboxylic acids is 1. The van der Waals surface area contributed by atoms with Crippen LogP contribution in [0.4, 0.5) is 0 Å². The van der Waals surface area contributed by atoms with E-state index in [9.17, 15) is 4.79 Å². The van der Waals surface area contributed by atoms with E-state index in [1.165, 1.54) is 0 Å². The fourth-order valence-corrected chi connectivity index (χ4v) is 1.84. The van der Waals surface area contributed by atoms with Crippen molar-refractivity contribution in [3.63, 3.8) is 0 Å². The van der Waals surface area contributed by atoms with Gasteiger partial charge in [-0.3, -0.25) is 4.79 Å². The number of nitrogens with two attached hydrogens (primary N) is 1. The van der Waals surface area contributed by atoms with Gasteiger partial charge in [-0.2, -0.15) is 0 Å². The van der Waals surface area contributed by atoms with Crippen molar-refractivity contribution in [2.75, 3.05) is 26.4 Å². The Balaban J connectivity index is 0.00000441. The first-order valence-corrected chi connectivity index (χ1v) is 7.44. The molecular weight excluding hydrogens is 304 g/mol. The highest BCUT2D eigenvalue weighted by Gasteiger charge is 2.06. The van der Waals surface area contributed by atoms with Gasteiger partial charge in [-0.05, 0) is 38.4 Å². The molecule has 0 bridgehead atoms. The Morgan fingerprint density at radius 3 is 2.77 bits per heavy atom. The van der Waals surface area contributed by atoms with Crippen LogP contribution in [0.1, 0.15) is 30.9 Å². The number of hydrogen-bond acceptors (Lipinski definition) is 4. The zero-order valence-corrected chi connectivity index (χ0v) is 14.2. The molecule has 6 heteroatoms. The van der Waals surface area contributed by atoms with Crippen LogP contribution in [0.15, 0.2) is 18.2 Å². The van der Waals surface area contributed by atoms with Crippen LogP contribution in [-0.2, 0) is 16.1 Å². The van der Waals surface area contributed by atoms with Gasteiger partial charge in [0.05, 0.1) is 6.61 Å². The molecule has 1 aromatic rings. The molecule has 0 aliphatic carbocycles. The van der Waals surface area contributed by atoms with E-state index in [2.05, 4.69) is 5.32 Å². The van der Waals surface area contributed by atoms with Gasteiger partial charge in [-0.15, -0.1) is 12.4 Å².